The van der Waals surface area contributed by atoms with E-state index in [2.05, 4.69) is 36.1 Å². The summed E-state index contributed by atoms with van der Waals surface area (Å²) >= 11 is 0. The normalized spacial score (nSPS) is 14.4. The minimum absolute atomic E-state index is 0.316. The molecule has 18 heavy (non-hydrogen) atoms. The summed E-state index contributed by atoms with van der Waals surface area (Å²) in [5.74, 6) is -0.574. The minimum Gasteiger partial charge on any atom is -0.481 e. The molecule has 2 unspecified atom stereocenters. The lowest BCUT2D eigenvalue weighted by atomic mass is 9.96. The summed E-state index contributed by atoms with van der Waals surface area (Å²) in [5.41, 5.74) is 1.33. The summed E-state index contributed by atoms with van der Waals surface area (Å²) in [6, 6.07) is 10.4. The number of carbonyl (C=O) groups is 1. The van der Waals surface area contributed by atoms with Crippen molar-refractivity contribution in [1.29, 1.82) is 0 Å². The zero-order valence-corrected chi connectivity index (χ0v) is 11.5. The molecule has 0 fully saturated rings. The third-order valence-electron chi connectivity index (χ3n) is 3.30. The fraction of sp³-hybridized carbons (Fsp3) is 0.533. The van der Waals surface area contributed by atoms with E-state index in [-0.39, 0.29) is 5.92 Å². The van der Waals surface area contributed by atoms with E-state index < -0.39 is 5.97 Å². The summed E-state index contributed by atoms with van der Waals surface area (Å²) in [7, 11) is 1.99. The second kappa shape index (κ2) is 7.17. The maximum absolute atomic E-state index is 10.8. The molecule has 3 nitrogen and oxygen atoms in total. The van der Waals surface area contributed by atoms with Crippen molar-refractivity contribution in [1.82, 2.24) is 4.90 Å². The van der Waals surface area contributed by atoms with Gasteiger partial charge in [0.05, 0.1) is 5.92 Å². The third kappa shape index (κ3) is 4.49. The Morgan fingerprint density at radius 1 is 1.28 bits per heavy atom. The van der Waals surface area contributed by atoms with Crippen molar-refractivity contribution in [3.8, 4) is 0 Å². The lowest BCUT2D eigenvalue weighted by molar-refractivity contribution is -0.141. The van der Waals surface area contributed by atoms with Crippen molar-refractivity contribution in [2.75, 3.05) is 20.1 Å². The molecule has 0 aliphatic heterocycles. The Morgan fingerprint density at radius 3 is 2.39 bits per heavy atom. The Bertz CT molecular complexity index is 364. The average Bonchev–Trinajstić information content (AvgIpc) is 2.36. The van der Waals surface area contributed by atoms with Crippen LogP contribution in [0, 0.1) is 5.92 Å². The number of hydrogen-bond acceptors (Lipinski definition) is 2. The first-order valence-corrected chi connectivity index (χ1v) is 6.50. The predicted octanol–water partition coefficient (Wildman–Crippen LogP) is 2.83. The molecule has 100 valence electrons. The average molecular weight is 249 g/mol. The lowest BCUT2D eigenvalue weighted by Gasteiger charge is -2.24. The van der Waals surface area contributed by atoms with Gasteiger partial charge in [-0.2, -0.15) is 0 Å². The van der Waals surface area contributed by atoms with Crippen molar-refractivity contribution in [3.63, 3.8) is 0 Å². The summed E-state index contributed by atoms with van der Waals surface area (Å²) in [6.07, 6.45) is 1.07. The fourth-order valence-electron chi connectivity index (χ4n) is 2.19. The maximum atomic E-state index is 10.8. The van der Waals surface area contributed by atoms with Crippen LogP contribution in [0.5, 0.6) is 0 Å². The van der Waals surface area contributed by atoms with Crippen LogP contribution < -0.4 is 0 Å². The van der Waals surface area contributed by atoms with E-state index in [9.17, 15) is 4.79 Å². The second-order valence-corrected chi connectivity index (χ2v) is 4.98. The molecule has 0 bridgehead atoms. The van der Waals surface area contributed by atoms with Gasteiger partial charge in [-0.05, 0) is 24.9 Å². The highest BCUT2D eigenvalue weighted by atomic mass is 16.4. The Balaban J connectivity index is 2.56. The highest BCUT2D eigenvalue weighted by Crippen LogP contribution is 2.20. The second-order valence-electron chi connectivity index (χ2n) is 4.98. The molecule has 0 amide bonds. The lowest BCUT2D eigenvalue weighted by Crippen LogP contribution is -2.31. The number of aliphatic carboxylic acids is 1. The molecule has 0 saturated carbocycles. The number of nitrogens with zero attached hydrogens (tertiary/aromatic N) is 1. The number of rotatable bonds is 7. The van der Waals surface area contributed by atoms with Crippen LogP contribution >= 0.6 is 0 Å². The smallest absolute Gasteiger partial charge is 0.307 e. The molecular weight excluding hydrogens is 226 g/mol. The van der Waals surface area contributed by atoms with E-state index in [1.807, 2.05) is 13.1 Å². The van der Waals surface area contributed by atoms with E-state index >= 15 is 0 Å². The quantitative estimate of drug-likeness (QED) is 0.807. The molecule has 0 aliphatic carbocycles. The zero-order valence-electron chi connectivity index (χ0n) is 11.5. The van der Waals surface area contributed by atoms with Crippen molar-refractivity contribution >= 4 is 5.97 Å². The van der Waals surface area contributed by atoms with Gasteiger partial charge in [0.15, 0.2) is 0 Å². The van der Waals surface area contributed by atoms with Crippen LogP contribution in [-0.4, -0.2) is 36.1 Å². The molecule has 0 radical (unpaired) electrons. The van der Waals surface area contributed by atoms with Crippen LogP contribution in [0.25, 0.3) is 0 Å². The van der Waals surface area contributed by atoms with Crippen molar-refractivity contribution in [3.05, 3.63) is 35.9 Å². The molecule has 0 aliphatic rings. The van der Waals surface area contributed by atoms with Gasteiger partial charge in [0, 0.05) is 13.1 Å². The molecule has 0 heterocycles. The van der Waals surface area contributed by atoms with Crippen molar-refractivity contribution < 1.29 is 9.90 Å². The van der Waals surface area contributed by atoms with Gasteiger partial charge in [0.25, 0.3) is 0 Å². The van der Waals surface area contributed by atoms with E-state index in [0.717, 1.165) is 13.0 Å². The van der Waals surface area contributed by atoms with Crippen LogP contribution in [-0.2, 0) is 4.79 Å². The highest BCUT2D eigenvalue weighted by molar-refractivity contribution is 5.69. The monoisotopic (exact) mass is 249 g/mol. The predicted molar refractivity (Wildman–Crippen MR) is 73.8 cm³/mol. The topological polar surface area (TPSA) is 40.5 Å². The summed E-state index contributed by atoms with van der Waals surface area (Å²) in [6.45, 7) is 5.42. The van der Waals surface area contributed by atoms with Crippen LogP contribution in [0.1, 0.15) is 31.7 Å². The Hall–Kier alpha value is -1.35. The molecule has 0 saturated heterocycles. The number of hydrogen-bond donors (Lipinski definition) is 1. The van der Waals surface area contributed by atoms with Gasteiger partial charge in [-0.1, -0.05) is 44.2 Å². The van der Waals surface area contributed by atoms with Crippen LogP contribution in [0.15, 0.2) is 30.3 Å². The van der Waals surface area contributed by atoms with Crippen LogP contribution in [0.3, 0.4) is 0 Å². The van der Waals surface area contributed by atoms with Gasteiger partial charge >= 0.3 is 5.97 Å². The molecule has 3 heteroatoms. The summed E-state index contributed by atoms with van der Waals surface area (Å²) < 4.78 is 0. The zero-order chi connectivity index (χ0) is 13.5. The Morgan fingerprint density at radius 2 is 1.89 bits per heavy atom. The molecule has 2 atom stereocenters. The van der Waals surface area contributed by atoms with E-state index in [4.69, 9.17) is 5.11 Å². The highest BCUT2D eigenvalue weighted by Gasteiger charge is 2.17. The Labute approximate surface area is 109 Å². The van der Waals surface area contributed by atoms with Gasteiger partial charge in [0.2, 0.25) is 0 Å². The molecular formula is C15H23NO2. The molecule has 0 spiro atoms. The molecule has 1 aromatic rings. The molecule has 0 aromatic heterocycles. The SMILES string of the molecule is CCC(CN(C)CC(C)C(=O)O)c1ccccc1. The van der Waals surface area contributed by atoms with Gasteiger partial charge < -0.3 is 10.0 Å². The summed E-state index contributed by atoms with van der Waals surface area (Å²) in [5, 5.41) is 8.91. The van der Waals surface area contributed by atoms with Gasteiger partial charge in [-0.25, -0.2) is 0 Å². The maximum Gasteiger partial charge on any atom is 0.307 e. The minimum atomic E-state index is -0.727. The number of likely N-dealkylation sites (N-methyl/N-ethyl adjacent to an activating group) is 1. The first-order chi connectivity index (χ1) is 8.54. The van der Waals surface area contributed by atoms with Crippen LogP contribution in [0.2, 0.25) is 0 Å². The standard InChI is InChI=1S/C15H23NO2/c1-4-13(14-8-6-5-7-9-14)11-16(3)10-12(2)15(17)18/h5-9,12-13H,4,10-11H2,1-3H3,(H,17,18). The fourth-order valence-corrected chi connectivity index (χ4v) is 2.19. The molecule has 1 N–H and O–H groups in total. The first kappa shape index (κ1) is 14.7. The third-order valence-corrected chi connectivity index (χ3v) is 3.30. The van der Waals surface area contributed by atoms with Gasteiger partial charge in [-0.15, -0.1) is 0 Å². The largest absolute Gasteiger partial charge is 0.481 e. The number of benzene rings is 1. The van der Waals surface area contributed by atoms with E-state index in [1.165, 1.54) is 5.56 Å². The van der Waals surface area contributed by atoms with E-state index in [0.29, 0.717) is 12.5 Å². The van der Waals surface area contributed by atoms with Gasteiger partial charge in [-0.3, -0.25) is 4.79 Å². The number of carboxylic acid groups (broad SMARTS) is 1. The number of carboxylic acids is 1. The van der Waals surface area contributed by atoms with Crippen LogP contribution in [0.4, 0.5) is 0 Å². The van der Waals surface area contributed by atoms with Crippen molar-refractivity contribution in [2.24, 2.45) is 5.92 Å². The van der Waals surface area contributed by atoms with E-state index in [1.54, 1.807) is 6.92 Å². The van der Waals surface area contributed by atoms with Crippen molar-refractivity contribution in [2.45, 2.75) is 26.2 Å². The molecule has 1 rings (SSSR count). The first-order valence-electron chi connectivity index (χ1n) is 6.50. The van der Waals surface area contributed by atoms with Gasteiger partial charge in [0.1, 0.15) is 0 Å². The molecule has 1 aromatic carbocycles. The Kier molecular flexibility index (Phi) is 5.86. The summed E-state index contributed by atoms with van der Waals surface area (Å²) in [4.78, 5) is 12.9.